The Bertz CT molecular complexity index is 1390. The van der Waals surface area contributed by atoms with Gasteiger partial charge in [0, 0.05) is 35.5 Å². The van der Waals surface area contributed by atoms with Crippen molar-refractivity contribution >= 4 is 39.4 Å². The van der Waals surface area contributed by atoms with Gasteiger partial charge in [-0.1, -0.05) is 44.9 Å². The summed E-state index contributed by atoms with van der Waals surface area (Å²) in [4.78, 5) is 20.8. The van der Waals surface area contributed by atoms with Gasteiger partial charge in [-0.15, -0.1) is 0 Å². The minimum atomic E-state index is -3.00. The zero-order valence-electron chi connectivity index (χ0n) is 19.9. The van der Waals surface area contributed by atoms with E-state index in [2.05, 4.69) is 29.6 Å². The second-order valence-corrected chi connectivity index (χ2v) is 9.69. The van der Waals surface area contributed by atoms with Crippen LogP contribution in [0.2, 0.25) is 5.02 Å². The quantitative estimate of drug-likeness (QED) is 0.248. The molecule has 0 aliphatic heterocycles. The molecule has 0 aliphatic carbocycles. The maximum absolute atomic E-state index is 13.4. The van der Waals surface area contributed by atoms with E-state index < -0.39 is 17.6 Å². The van der Waals surface area contributed by atoms with Gasteiger partial charge >= 0.3 is 6.61 Å². The molecule has 0 amide bonds. The largest absolute Gasteiger partial charge is 0.431 e. The van der Waals surface area contributed by atoms with Crippen LogP contribution in [0.25, 0.3) is 22.2 Å². The van der Waals surface area contributed by atoms with Gasteiger partial charge in [-0.3, -0.25) is 14.7 Å². The zero-order chi connectivity index (χ0) is 25.8. The number of nitrogens with one attached hydrogen (secondary N) is 2. The van der Waals surface area contributed by atoms with E-state index in [1.807, 2.05) is 20.8 Å². The Morgan fingerprint density at radius 2 is 2.03 bits per heavy atom. The van der Waals surface area contributed by atoms with E-state index in [0.29, 0.717) is 62.7 Å². The molecule has 2 unspecified atom stereocenters. The van der Waals surface area contributed by atoms with Crippen LogP contribution in [0.15, 0.2) is 41.8 Å². The van der Waals surface area contributed by atoms with E-state index in [-0.39, 0.29) is 17.6 Å². The molecule has 0 saturated carbocycles. The number of nitrogens with zero attached hydrogens (tertiary/aromatic N) is 4. The van der Waals surface area contributed by atoms with E-state index >= 15 is 0 Å². The minimum absolute atomic E-state index is 0.00659. The molecule has 2 N–H and O–H groups in total. The summed E-state index contributed by atoms with van der Waals surface area (Å²) in [5.41, 5.74) is 2.56. The predicted molar refractivity (Wildman–Crippen MR) is 136 cm³/mol. The first-order valence-electron chi connectivity index (χ1n) is 11.4. The van der Waals surface area contributed by atoms with Gasteiger partial charge in [0.1, 0.15) is 0 Å². The molecule has 0 saturated heterocycles. The van der Waals surface area contributed by atoms with Crippen LogP contribution in [0.3, 0.4) is 0 Å². The van der Waals surface area contributed by atoms with Gasteiger partial charge in [-0.05, 0) is 18.9 Å². The highest BCUT2D eigenvalue weighted by Crippen LogP contribution is 2.36. The number of fused-ring (bicyclic) bond motifs is 1. The first kappa shape index (κ1) is 25.9. The number of halogens is 3. The Balaban J connectivity index is 1.74. The van der Waals surface area contributed by atoms with Gasteiger partial charge in [0.2, 0.25) is 5.95 Å². The predicted octanol–water partition coefficient (Wildman–Crippen LogP) is 6.27. The molecule has 0 spiro atoms. The molecule has 1 aromatic carbocycles. The summed E-state index contributed by atoms with van der Waals surface area (Å²) in [6, 6.07) is 3.46. The first-order valence-corrected chi connectivity index (χ1v) is 13.0. The van der Waals surface area contributed by atoms with Crippen LogP contribution in [-0.4, -0.2) is 35.7 Å². The molecule has 12 heteroatoms. The normalized spacial score (nSPS) is 13.2. The number of alkyl halides is 2. The van der Waals surface area contributed by atoms with Crippen LogP contribution in [0, 0.1) is 0 Å². The Morgan fingerprint density at radius 3 is 2.69 bits per heavy atom. The SMILES string of the molecule is CCCc1nc(NS(=O)c2c[nH]c3c(-c4cnccn4)c(Cl)ccc23)nc(C(C)CC)c1OC(F)F. The summed E-state index contributed by atoms with van der Waals surface area (Å²) >= 11 is 6.45. The molecule has 8 nitrogen and oxygen atoms in total. The van der Waals surface area contributed by atoms with E-state index in [4.69, 9.17) is 16.3 Å². The van der Waals surface area contributed by atoms with E-state index in [0.717, 1.165) is 0 Å². The number of benzene rings is 1. The number of aromatic nitrogens is 5. The van der Waals surface area contributed by atoms with Crippen molar-refractivity contribution in [2.75, 3.05) is 4.72 Å². The summed E-state index contributed by atoms with van der Waals surface area (Å²) in [6.07, 6.45) is 8.05. The maximum atomic E-state index is 13.4. The van der Waals surface area contributed by atoms with Gasteiger partial charge in [0.15, 0.2) is 16.7 Å². The lowest BCUT2D eigenvalue weighted by Crippen LogP contribution is -2.15. The fourth-order valence-electron chi connectivity index (χ4n) is 3.83. The zero-order valence-corrected chi connectivity index (χ0v) is 21.5. The minimum Gasteiger partial charge on any atom is -0.431 e. The lowest BCUT2D eigenvalue weighted by atomic mass is 10.0. The fraction of sp³-hybridized carbons (Fsp3) is 0.333. The molecule has 0 aliphatic rings. The summed E-state index contributed by atoms with van der Waals surface area (Å²) < 4.78 is 47.4. The van der Waals surface area contributed by atoms with Crippen LogP contribution in [0.1, 0.15) is 50.9 Å². The number of ether oxygens (including phenoxy) is 1. The molecule has 4 aromatic rings. The number of aromatic amines is 1. The monoisotopic (exact) mass is 534 g/mol. The van der Waals surface area contributed by atoms with Crippen LogP contribution in [0.4, 0.5) is 14.7 Å². The summed E-state index contributed by atoms with van der Waals surface area (Å²) in [7, 11) is -1.78. The number of aryl methyl sites for hydroxylation is 1. The van der Waals surface area contributed by atoms with Crippen molar-refractivity contribution < 1.29 is 17.7 Å². The molecular formula is C24H25ClF2N6O2S. The van der Waals surface area contributed by atoms with Gasteiger partial charge in [0.25, 0.3) is 0 Å². The molecule has 0 radical (unpaired) electrons. The molecule has 0 bridgehead atoms. The highest BCUT2D eigenvalue weighted by molar-refractivity contribution is 7.86. The fourth-order valence-corrected chi connectivity index (χ4v) is 4.99. The van der Waals surface area contributed by atoms with Crippen LogP contribution < -0.4 is 9.46 Å². The van der Waals surface area contributed by atoms with E-state index in [1.165, 1.54) is 0 Å². The molecule has 190 valence electrons. The van der Waals surface area contributed by atoms with Crippen LogP contribution >= 0.6 is 11.6 Å². The Hall–Kier alpha value is -3.18. The van der Waals surface area contributed by atoms with E-state index in [1.54, 1.807) is 36.9 Å². The van der Waals surface area contributed by atoms with Crippen molar-refractivity contribution in [1.82, 2.24) is 24.9 Å². The first-order chi connectivity index (χ1) is 17.3. The topological polar surface area (TPSA) is 106 Å². The molecule has 36 heavy (non-hydrogen) atoms. The lowest BCUT2D eigenvalue weighted by Gasteiger charge is -2.18. The Kier molecular flexibility index (Phi) is 8.10. The maximum Gasteiger partial charge on any atom is 0.387 e. The second-order valence-electron chi connectivity index (χ2n) is 8.11. The second kappa shape index (κ2) is 11.3. The van der Waals surface area contributed by atoms with Crippen LogP contribution in [0.5, 0.6) is 5.75 Å². The standard InChI is InChI=1S/C24H25ClF2N6O2S/c1-4-6-16-22(35-23(26)27)20(13(3)5-2)32-24(31-16)33-36(34)18-12-30-21-14(18)7-8-15(25)19(21)17-11-28-9-10-29-17/h7-13,23,30H,4-6H2,1-3H3,(H,31,32,33). The highest BCUT2D eigenvalue weighted by atomic mass is 35.5. The molecule has 4 rings (SSSR count). The number of hydrogen-bond acceptors (Lipinski definition) is 6. The number of rotatable bonds is 10. The van der Waals surface area contributed by atoms with Crippen molar-refractivity contribution in [3.8, 4) is 17.0 Å². The summed E-state index contributed by atoms with van der Waals surface area (Å²) in [5.74, 6) is -0.102. The van der Waals surface area contributed by atoms with E-state index in [9.17, 15) is 13.0 Å². The van der Waals surface area contributed by atoms with Crippen molar-refractivity contribution in [2.45, 2.75) is 57.5 Å². The number of H-pyrrole nitrogens is 1. The van der Waals surface area contributed by atoms with Crippen molar-refractivity contribution in [3.05, 3.63) is 53.3 Å². The Morgan fingerprint density at radius 1 is 1.22 bits per heavy atom. The summed E-state index contributed by atoms with van der Waals surface area (Å²) in [6.45, 7) is 2.71. The number of hydrogen-bond donors (Lipinski definition) is 2. The Labute approximate surface area is 214 Å². The summed E-state index contributed by atoms with van der Waals surface area (Å²) in [5, 5.41) is 1.13. The lowest BCUT2D eigenvalue weighted by molar-refractivity contribution is -0.0518. The average molecular weight is 535 g/mol. The smallest absolute Gasteiger partial charge is 0.387 e. The van der Waals surface area contributed by atoms with Gasteiger partial charge in [0.05, 0.1) is 38.7 Å². The molecule has 3 aromatic heterocycles. The van der Waals surface area contributed by atoms with Crippen LogP contribution in [-0.2, 0) is 17.4 Å². The third-order valence-electron chi connectivity index (χ3n) is 5.71. The average Bonchev–Trinajstić information content (AvgIpc) is 3.29. The third-order valence-corrected chi connectivity index (χ3v) is 7.13. The number of anilines is 1. The van der Waals surface area contributed by atoms with Gasteiger partial charge in [-0.25, -0.2) is 14.2 Å². The molecular weight excluding hydrogens is 510 g/mol. The third kappa shape index (κ3) is 5.31. The van der Waals surface area contributed by atoms with Crippen molar-refractivity contribution in [1.29, 1.82) is 0 Å². The van der Waals surface area contributed by atoms with Gasteiger partial charge < -0.3 is 9.72 Å². The molecule has 3 heterocycles. The van der Waals surface area contributed by atoms with Crippen molar-refractivity contribution in [3.63, 3.8) is 0 Å². The molecule has 2 atom stereocenters. The van der Waals surface area contributed by atoms with Crippen molar-refractivity contribution in [2.24, 2.45) is 0 Å². The highest BCUT2D eigenvalue weighted by Gasteiger charge is 2.24. The van der Waals surface area contributed by atoms with Gasteiger partial charge in [-0.2, -0.15) is 8.78 Å². The molecule has 0 fully saturated rings.